The molecule has 0 unspecified atom stereocenters. The molecule has 0 atom stereocenters. The van der Waals surface area contributed by atoms with Gasteiger partial charge in [0.25, 0.3) is 5.91 Å². The van der Waals surface area contributed by atoms with Crippen LogP contribution in [0.5, 0.6) is 17.2 Å². The van der Waals surface area contributed by atoms with Crippen LogP contribution in [0.15, 0.2) is 71.8 Å². The lowest BCUT2D eigenvalue weighted by atomic mass is 10.2. The highest BCUT2D eigenvalue weighted by Gasteiger charge is 2.15. The summed E-state index contributed by atoms with van der Waals surface area (Å²) in [6.45, 7) is -0.309. The van der Waals surface area contributed by atoms with E-state index in [9.17, 15) is 9.59 Å². The molecule has 0 bridgehead atoms. The Labute approximate surface area is 195 Å². The lowest BCUT2D eigenvalue weighted by molar-refractivity contribution is -0.123. The highest BCUT2D eigenvalue weighted by atomic mass is 35.5. The molecular weight excluding hydrogens is 446 g/mol. The normalized spacial score (nSPS) is 10.3. The third-order valence-corrected chi connectivity index (χ3v) is 4.58. The van der Waals surface area contributed by atoms with Gasteiger partial charge in [-0.15, -0.1) is 0 Å². The molecule has 0 saturated heterocycles. The summed E-state index contributed by atoms with van der Waals surface area (Å²) < 4.78 is 16.0. The molecule has 0 spiro atoms. The molecule has 33 heavy (non-hydrogen) atoms. The van der Waals surface area contributed by atoms with Gasteiger partial charge in [-0.25, -0.2) is 10.2 Å². The van der Waals surface area contributed by atoms with E-state index in [1.165, 1.54) is 13.3 Å². The fraction of sp³-hybridized carbons (Fsp3) is 0.0833. The third-order valence-electron chi connectivity index (χ3n) is 4.25. The highest BCUT2D eigenvalue weighted by molar-refractivity contribution is 6.33. The van der Waals surface area contributed by atoms with Crippen molar-refractivity contribution in [2.24, 2.45) is 5.10 Å². The standard InChI is InChI=1S/C24H18ClN3O5/c1-31-22-12-16(10-11-21(22)33-24(30)18-7-3-4-8-19(18)25)14-27-28-23(29)15-32-20-9-5-2-6-17(20)13-26/h2-12,14H,15H2,1H3,(H,28,29)/b27-14-. The number of esters is 1. The van der Waals surface area contributed by atoms with Gasteiger partial charge in [-0.1, -0.05) is 35.9 Å². The molecule has 0 fully saturated rings. The van der Waals surface area contributed by atoms with Gasteiger partial charge in [0.05, 0.1) is 29.5 Å². The molecule has 8 nitrogen and oxygen atoms in total. The minimum Gasteiger partial charge on any atom is -0.493 e. The zero-order valence-electron chi connectivity index (χ0n) is 17.4. The summed E-state index contributed by atoms with van der Waals surface area (Å²) in [5.41, 5.74) is 3.48. The topological polar surface area (TPSA) is 110 Å². The number of ether oxygens (including phenoxy) is 3. The molecule has 3 rings (SSSR count). The van der Waals surface area contributed by atoms with Gasteiger partial charge < -0.3 is 14.2 Å². The Balaban J connectivity index is 1.59. The largest absolute Gasteiger partial charge is 0.493 e. The second-order valence-corrected chi connectivity index (χ2v) is 6.88. The predicted molar refractivity (Wildman–Crippen MR) is 122 cm³/mol. The maximum absolute atomic E-state index is 12.4. The lowest BCUT2D eigenvalue weighted by Crippen LogP contribution is -2.24. The fourth-order valence-electron chi connectivity index (χ4n) is 2.67. The van der Waals surface area contributed by atoms with E-state index in [4.69, 9.17) is 31.1 Å². The number of para-hydroxylation sites is 1. The van der Waals surface area contributed by atoms with Crippen molar-refractivity contribution < 1.29 is 23.8 Å². The summed E-state index contributed by atoms with van der Waals surface area (Å²) >= 11 is 6.03. The van der Waals surface area contributed by atoms with Crippen LogP contribution in [-0.4, -0.2) is 31.8 Å². The van der Waals surface area contributed by atoms with Crippen molar-refractivity contribution in [1.82, 2.24) is 5.43 Å². The Bertz CT molecular complexity index is 1240. The van der Waals surface area contributed by atoms with Crippen molar-refractivity contribution in [3.63, 3.8) is 0 Å². The van der Waals surface area contributed by atoms with Gasteiger partial charge in [0.15, 0.2) is 18.1 Å². The first-order valence-electron chi connectivity index (χ1n) is 9.60. The molecule has 166 valence electrons. The molecule has 0 heterocycles. The lowest BCUT2D eigenvalue weighted by Gasteiger charge is -2.10. The maximum atomic E-state index is 12.4. The van der Waals surface area contributed by atoms with Crippen LogP contribution in [0.3, 0.4) is 0 Å². The summed E-state index contributed by atoms with van der Waals surface area (Å²) in [4.78, 5) is 24.3. The maximum Gasteiger partial charge on any atom is 0.345 e. The minimum absolute atomic E-state index is 0.202. The number of carbonyl (C=O) groups excluding carboxylic acids is 2. The first kappa shape index (κ1) is 23.3. The van der Waals surface area contributed by atoms with Crippen LogP contribution in [0.1, 0.15) is 21.5 Å². The summed E-state index contributed by atoms with van der Waals surface area (Å²) in [7, 11) is 1.43. The minimum atomic E-state index is -0.620. The first-order valence-corrected chi connectivity index (χ1v) is 9.98. The van der Waals surface area contributed by atoms with Gasteiger partial charge in [0.1, 0.15) is 11.8 Å². The van der Waals surface area contributed by atoms with Crippen molar-refractivity contribution in [1.29, 1.82) is 5.26 Å². The number of nitriles is 1. The number of nitrogens with one attached hydrogen (secondary N) is 1. The number of benzene rings is 3. The van der Waals surface area contributed by atoms with Crippen molar-refractivity contribution in [2.75, 3.05) is 13.7 Å². The van der Waals surface area contributed by atoms with Crippen LogP contribution in [0.2, 0.25) is 5.02 Å². The van der Waals surface area contributed by atoms with E-state index in [1.54, 1.807) is 66.7 Å². The summed E-state index contributed by atoms with van der Waals surface area (Å²) in [5.74, 6) is -0.317. The average molecular weight is 464 g/mol. The molecule has 0 aliphatic carbocycles. The molecule has 0 saturated carbocycles. The Kier molecular flexibility index (Phi) is 8.00. The third kappa shape index (κ3) is 6.32. The van der Waals surface area contributed by atoms with Crippen LogP contribution in [0.25, 0.3) is 0 Å². The Morgan fingerprint density at radius 1 is 1.06 bits per heavy atom. The molecule has 0 aromatic heterocycles. The number of amides is 1. The molecule has 1 N–H and O–H groups in total. The number of carbonyl (C=O) groups is 2. The van der Waals surface area contributed by atoms with Gasteiger partial charge in [-0.05, 0) is 48.0 Å². The van der Waals surface area contributed by atoms with Crippen molar-refractivity contribution in [3.05, 3.63) is 88.4 Å². The van der Waals surface area contributed by atoms with Crippen LogP contribution in [0.4, 0.5) is 0 Å². The van der Waals surface area contributed by atoms with Crippen LogP contribution >= 0.6 is 11.6 Å². The fourth-order valence-corrected chi connectivity index (χ4v) is 2.88. The predicted octanol–water partition coefficient (Wildman–Crippen LogP) is 3.97. The Hall–Kier alpha value is -4.35. The smallest absolute Gasteiger partial charge is 0.345 e. The van der Waals surface area contributed by atoms with E-state index in [1.807, 2.05) is 6.07 Å². The summed E-state index contributed by atoms with van der Waals surface area (Å²) in [6.07, 6.45) is 1.39. The van der Waals surface area contributed by atoms with Gasteiger partial charge in [0.2, 0.25) is 0 Å². The van der Waals surface area contributed by atoms with E-state index in [0.717, 1.165) is 0 Å². The van der Waals surface area contributed by atoms with E-state index in [-0.39, 0.29) is 22.9 Å². The second kappa shape index (κ2) is 11.3. The number of methoxy groups -OCH3 is 1. The molecule has 0 aliphatic heterocycles. The SMILES string of the molecule is COc1cc(/C=N\NC(=O)COc2ccccc2C#N)ccc1OC(=O)c1ccccc1Cl. The Morgan fingerprint density at radius 3 is 2.58 bits per heavy atom. The van der Waals surface area contributed by atoms with Crippen molar-refractivity contribution >= 4 is 29.7 Å². The molecular formula is C24H18ClN3O5. The van der Waals surface area contributed by atoms with E-state index in [2.05, 4.69) is 10.5 Å². The number of hydrogen-bond donors (Lipinski definition) is 1. The zero-order valence-corrected chi connectivity index (χ0v) is 18.2. The van der Waals surface area contributed by atoms with Crippen molar-refractivity contribution in [2.45, 2.75) is 0 Å². The number of nitrogens with zero attached hydrogens (tertiary/aromatic N) is 2. The number of hydrogen-bond acceptors (Lipinski definition) is 7. The van der Waals surface area contributed by atoms with E-state index >= 15 is 0 Å². The van der Waals surface area contributed by atoms with Gasteiger partial charge in [0, 0.05) is 0 Å². The van der Waals surface area contributed by atoms with Gasteiger partial charge in [-0.3, -0.25) is 4.79 Å². The molecule has 9 heteroatoms. The highest BCUT2D eigenvalue weighted by Crippen LogP contribution is 2.29. The molecule has 3 aromatic rings. The molecule has 0 radical (unpaired) electrons. The molecule has 1 amide bonds. The monoisotopic (exact) mass is 463 g/mol. The van der Waals surface area contributed by atoms with Crippen LogP contribution in [-0.2, 0) is 4.79 Å². The Morgan fingerprint density at radius 2 is 1.82 bits per heavy atom. The zero-order chi connectivity index (χ0) is 23.6. The number of hydrazone groups is 1. The molecule has 3 aromatic carbocycles. The number of rotatable bonds is 8. The molecule has 0 aliphatic rings. The average Bonchev–Trinajstić information content (AvgIpc) is 2.83. The van der Waals surface area contributed by atoms with Gasteiger partial charge >= 0.3 is 5.97 Å². The van der Waals surface area contributed by atoms with E-state index in [0.29, 0.717) is 22.6 Å². The first-order chi connectivity index (χ1) is 16.0. The van der Waals surface area contributed by atoms with Gasteiger partial charge in [-0.2, -0.15) is 10.4 Å². The van der Waals surface area contributed by atoms with E-state index < -0.39 is 11.9 Å². The van der Waals surface area contributed by atoms with Crippen molar-refractivity contribution in [3.8, 4) is 23.3 Å². The number of halogens is 1. The van der Waals surface area contributed by atoms with Crippen LogP contribution in [0, 0.1) is 11.3 Å². The summed E-state index contributed by atoms with van der Waals surface area (Å²) in [5, 5.41) is 13.2. The summed E-state index contributed by atoms with van der Waals surface area (Å²) in [6, 6.07) is 19.9. The van der Waals surface area contributed by atoms with Crippen LogP contribution < -0.4 is 19.6 Å². The second-order valence-electron chi connectivity index (χ2n) is 6.47. The quantitative estimate of drug-likeness (QED) is 0.234.